The topological polar surface area (TPSA) is 34.1 Å². The second-order valence-electron chi connectivity index (χ2n) is 4.91. The first kappa shape index (κ1) is 11.8. The van der Waals surface area contributed by atoms with E-state index < -0.39 is 0 Å². The van der Waals surface area contributed by atoms with Gasteiger partial charge < -0.3 is 0 Å². The fraction of sp³-hybridized carbons (Fsp3) is 0.176. The Morgan fingerprint density at radius 2 is 1.05 bits per heavy atom. The van der Waals surface area contributed by atoms with Gasteiger partial charge in [0.2, 0.25) is 0 Å². The minimum Gasteiger partial charge on any atom is -0.294 e. The van der Waals surface area contributed by atoms with E-state index in [1.54, 1.807) is 0 Å². The first-order valence-electron chi connectivity index (χ1n) is 6.46. The molecule has 3 rings (SSSR count). The summed E-state index contributed by atoms with van der Waals surface area (Å²) in [5.74, 6) is -0.0741. The van der Waals surface area contributed by atoms with E-state index in [9.17, 15) is 9.59 Å². The van der Waals surface area contributed by atoms with Crippen LogP contribution in [0.1, 0.15) is 27.1 Å². The molecule has 2 nitrogen and oxygen atoms in total. The molecule has 0 radical (unpaired) electrons. The third-order valence-electron chi connectivity index (χ3n) is 3.58. The van der Waals surface area contributed by atoms with Gasteiger partial charge >= 0.3 is 0 Å². The van der Waals surface area contributed by atoms with Crippen LogP contribution in [0.2, 0.25) is 0 Å². The Balaban J connectivity index is 1.72. The number of carbonyl (C=O) groups excluding carboxylic acids is 2. The Morgan fingerprint density at radius 3 is 1.42 bits per heavy atom. The van der Waals surface area contributed by atoms with Crippen LogP contribution in [0.4, 0.5) is 0 Å². The van der Waals surface area contributed by atoms with Crippen LogP contribution < -0.4 is 0 Å². The molecule has 0 aliphatic heterocycles. The number of benzene rings is 2. The van der Waals surface area contributed by atoms with Crippen molar-refractivity contribution in [1.82, 2.24) is 0 Å². The van der Waals surface area contributed by atoms with Gasteiger partial charge in [0.1, 0.15) is 0 Å². The van der Waals surface area contributed by atoms with Gasteiger partial charge in [-0.1, -0.05) is 60.7 Å². The van der Waals surface area contributed by atoms with E-state index in [4.69, 9.17) is 0 Å². The molecule has 0 heterocycles. The largest absolute Gasteiger partial charge is 0.294 e. The highest BCUT2D eigenvalue weighted by atomic mass is 16.1. The first-order chi connectivity index (χ1) is 9.27. The summed E-state index contributed by atoms with van der Waals surface area (Å²) in [7, 11) is 0. The number of ketones is 2. The smallest absolute Gasteiger partial charge is 0.166 e. The second-order valence-corrected chi connectivity index (χ2v) is 4.91. The van der Waals surface area contributed by atoms with Crippen LogP contribution in [0.15, 0.2) is 60.7 Å². The summed E-state index contributed by atoms with van der Waals surface area (Å²) < 4.78 is 0. The zero-order chi connectivity index (χ0) is 13.2. The Hall–Kier alpha value is -2.22. The van der Waals surface area contributed by atoms with Crippen LogP contribution in [-0.4, -0.2) is 11.6 Å². The van der Waals surface area contributed by atoms with Crippen molar-refractivity contribution in [3.8, 4) is 0 Å². The molecule has 0 aromatic heterocycles. The maximum Gasteiger partial charge on any atom is 0.166 e. The predicted octanol–water partition coefficient (Wildman–Crippen LogP) is 3.39. The third kappa shape index (κ3) is 2.34. The Morgan fingerprint density at radius 1 is 0.684 bits per heavy atom. The lowest BCUT2D eigenvalue weighted by atomic mass is 10.0. The monoisotopic (exact) mass is 250 g/mol. The fourth-order valence-corrected chi connectivity index (χ4v) is 2.41. The zero-order valence-corrected chi connectivity index (χ0v) is 10.5. The highest BCUT2D eigenvalue weighted by Crippen LogP contribution is 2.43. The van der Waals surface area contributed by atoms with Crippen LogP contribution in [0.25, 0.3) is 0 Å². The van der Waals surface area contributed by atoms with Gasteiger partial charge in [-0.2, -0.15) is 0 Å². The van der Waals surface area contributed by atoms with E-state index in [2.05, 4.69) is 0 Å². The Labute approximate surface area is 112 Å². The molecule has 1 unspecified atom stereocenters. The van der Waals surface area contributed by atoms with Gasteiger partial charge in [-0.05, 0) is 6.42 Å². The number of carbonyl (C=O) groups is 2. The van der Waals surface area contributed by atoms with Crippen LogP contribution in [0.3, 0.4) is 0 Å². The highest BCUT2D eigenvalue weighted by molar-refractivity contribution is 6.08. The summed E-state index contributed by atoms with van der Waals surface area (Å²) in [4.78, 5) is 24.4. The summed E-state index contributed by atoms with van der Waals surface area (Å²) in [6.07, 6.45) is 0.682. The molecule has 94 valence electrons. The van der Waals surface area contributed by atoms with Gasteiger partial charge in [0, 0.05) is 23.0 Å². The Bertz CT molecular complexity index is 546. The summed E-state index contributed by atoms with van der Waals surface area (Å²) in [5, 5.41) is 0. The molecular weight excluding hydrogens is 236 g/mol. The molecule has 0 bridgehead atoms. The van der Waals surface area contributed by atoms with Gasteiger partial charge in [0.25, 0.3) is 0 Å². The summed E-state index contributed by atoms with van der Waals surface area (Å²) in [6.45, 7) is 0. The van der Waals surface area contributed by atoms with Crippen LogP contribution in [0, 0.1) is 11.8 Å². The lowest BCUT2D eigenvalue weighted by molar-refractivity contribution is 0.0906. The zero-order valence-electron chi connectivity index (χ0n) is 10.5. The van der Waals surface area contributed by atoms with Crippen molar-refractivity contribution in [3.63, 3.8) is 0 Å². The van der Waals surface area contributed by atoms with Gasteiger partial charge in [0.15, 0.2) is 11.6 Å². The van der Waals surface area contributed by atoms with E-state index in [1.165, 1.54) is 0 Å². The number of Topliss-reactive ketones (excluding diaryl/α,β-unsaturated/α-hetero) is 2. The molecule has 1 saturated carbocycles. The van der Waals surface area contributed by atoms with Crippen LogP contribution in [-0.2, 0) is 0 Å². The van der Waals surface area contributed by atoms with Gasteiger partial charge in [-0.25, -0.2) is 0 Å². The SMILES string of the molecule is O=C(c1ccccc1)C1C[C@H]1C(=O)c1ccccc1. The van der Waals surface area contributed by atoms with Crippen molar-refractivity contribution in [2.24, 2.45) is 11.8 Å². The van der Waals surface area contributed by atoms with E-state index in [0.717, 1.165) is 0 Å². The molecule has 0 spiro atoms. The van der Waals surface area contributed by atoms with Crippen molar-refractivity contribution >= 4 is 11.6 Å². The molecule has 2 atom stereocenters. The maximum atomic E-state index is 12.2. The molecule has 2 heteroatoms. The van der Waals surface area contributed by atoms with Crippen molar-refractivity contribution in [2.75, 3.05) is 0 Å². The summed E-state index contributed by atoms with van der Waals surface area (Å²) in [6, 6.07) is 18.4. The predicted molar refractivity (Wildman–Crippen MR) is 73.1 cm³/mol. The van der Waals surface area contributed by atoms with E-state index in [1.807, 2.05) is 60.7 Å². The van der Waals surface area contributed by atoms with Gasteiger partial charge in [-0.15, -0.1) is 0 Å². The van der Waals surface area contributed by atoms with E-state index >= 15 is 0 Å². The molecule has 1 fully saturated rings. The lowest BCUT2D eigenvalue weighted by Gasteiger charge is -2.01. The average Bonchev–Trinajstić information content (AvgIpc) is 3.28. The summed E-state index contributed by atoms with van der Waals surface area (Å²) >= 11 is 0. The molecule has 19 heavy (non-hydrogen) atoms. The molecule has 0 amide bonds. The van der Waals surface area contributed by atoms with Crippen molar-refractivity contribution in [1.29, 1.82) is 0 Å². The standard InChI is InChI=1S/C17H14O2/c18-16(12-7-3-1-4-8-12)14-11-15(14)17(19)13-9-5-2-6-10-13/h1-10,14-15H,11H2/t14-,15?/m1/s1. The summed E-state index contributed by atoms with van der Waals surface area (Å²) in [5.41, 5.74) is 1.41. The average molecular weight is 250 g/mol. The number of hydrogen-bond donors (Lipinski definition) is 0. The lowest BCUT2D eigenvalue weighted by Crippen LogP contribution is -2.09. The van der Waals surface area contributed by atoms with E-state index in [-0.39, 0.29) is 23.4 Å². The molecule has 1 aliphatic carbocycles. The molecule has 0 saturated heterocycles. The van der Waals surface area contributed by atoms with Crippen molar-refractivity contribution in [3.05, 3.63) is 71.8 Å². The molecule has 2 aromatic carbocycles. The molecule has 1 aliphatic rings. The second kappa shape index (κ2) is 4.81. The fourth-order valence-electron chi connectivity index (χ4n) is 2.41. The minimum absolute atomic E-state index is 0.0925. The highest BCUT2D eigenvalue weighted by Gasteiger charge is 2.47. The first-order valence-corrected chi connectivity index (χ1v) is 6.46. The van der Waals surface area contributed by atoms with Crippen LogP contribution in [0.5, 0.6) is 0 Å². The quantitative estimate of drug-likeness (QED) is 0.779. The van der Waals surface area contributed by atoms with Crippen molar-refractivity contribution < 1.29 is 9.59 Å². The van der Waals surface area contributed by atoms with E-state index in [0.29, 0.717) is 17.5 Å². The molecular formula is C17H14O2. The number of rotatable bonds is 4. The number of hydrogen-bond acceptors (Lipinski definition) is 2. The Kier molecular flexibility index (Phi) is 3.00. The van der Waals surface area contributed by atoms with Crippen molar-refractivity contribution in [2.45, 2.75) is 6.42 Å². The van der Waals surface area contributed by atoms with Gasteiger partial charge in [0.05, 0.1) is 0 Å². The maximum absolute atomic E-state index is 12.2. The van der Waals surface area contributed by atoms with Gasteiger partial charge in [-0.3, -0.25) is 9.59 Å². The van der Waals surface area contributed by atoms with Crippen LogP contribution >= 0.6 is 0 Å². The third-order valence-corrected chi connectivity index (χ3v) is 3.58. The normalized spacial score (nSPS) is 20.8. The molecule has 0 N–H and O–H groups in total. The minimum atomic E-state index is -0.130. The molecule has 2 aromatic rings.